The van der Waals surface area contributed by atoms with Gasteiger partial charge in [-0.3, -0.25) is 4.99 Å². The second-order valence-electron chi connectivity index (χ2n) is 6.68. The van der Waals surface area contributed by atoms with Gasteiger partial charge in [0.2, 0.25) is 0 Å². The SMILES string of the molecule is C=CCCCN(C)C(=NCC1(CCOCC)CCCC1)NCC. The standard InChI is InChI=1S/C19H37N3O/c1-5-8-11-15-22(4)18(20-6-2)21-17-19(12-9-10-13-19)14-16-23-7-3/h5H,1,6-17H2,2-4H3,(H,20,21). The molecule has 0 saturated heterocycles. The number of unbranched alkanes of at least 4 members (excludes halogenated alkanes) is 1. The molecular weight excluding hydrogens is 286 g/mol. The van der Waals surface area contributed by atoms with Crippen LogP contribution in [0.5, 0.6) is 0 Å². The first-order valence-electron chi connectivity index (χ1n) is 9.35. The van der Waals surface area contributed by atoms with E-state index < -0.39 is 0 Å². The van der Waals surface area contributed by atoms with Crippen LogP contribution in [0.3, 0.4) is 0 Å². The highest BCUT2D eigenvalue weighted by Crippen LogP contribution is 2.41. The highest BCUT2D eigenvalue weighted by molar-refractivity contribution is 5.79. The summed E-state index contributed by atoms with van der Waals surface area (Å²) in [5, 5.41) is 3.44. The fourth-order valence-electron chi connectivity index (χ4n) is 3.34. The first-order chi connectivity index (χ1) is 11.2. The van der Waals surface area contributed by atoms with E-state index in [1.807, 2.05) is 6.08 Å². The van der Waals surface area contributed by atoms with Gasteiger partial charge in [0, 0.05) is 39.9 Å². The lowest BCUT2D eigenvalue weighted by molar-refractivity contribution is 0.107. The van der Waals surface area contributed by atoms with Gasteiger partial charge in [0.1, 0.15) is 0 Å². The van der Waals surface area contributed by atoms with E-state index in [9.17, 15) is 0 Å². The zero-order valence-electron chi connectivity index (χ0n) is 15.6. The molecule has 0 atom stereocenters. The van der Waals surface area contributed by atoms with E-state index in [-0.39, 0.29) is 0 Å². The highest BCUT2D eigenvalue weighted by atomic mass is 16.5. The Labute approximate surface area is 143 Å². The molecule has 1 fully saturated rings. The molecule has 1 aliphatic carbocycles. The van der Waals surface area contributed by atoms with Crippen LogP contribution in [0, 0.1) is 5.41 Å². The second kappa shape index (κ2) is 11.5. The van der Waals surface area contributed by atoms with Crippen LogP contribution in [0.1, 0.15) is 58.8 Å². The minimum absolute atomic E-state index is 0.359. The smallest absolute Gasteiger partial charge is 0.193 e. The topological polar surface area (TPSA) is 36.9 Å². The van der Waals surface area contributed by atoms with Gasteiger partial charge in [-0.1, -0.05) is 18.9 Å². The number of guanidine groups is 1. The van der Waals surface area contributed by atoms with Crippen LogP contribution in [0.15, 0.2) is 17.6 Å². The molecule has 0 aliphatic heterocycles. The van der Waals surface area contributed by atoms with Gasteiger partial charge in [0.25, 0.3) is 0 Å². The number of hydrogen-bond donors (Lipinski definition) is 1. The predicted molar refractivity (Wildman–Crippen MR) is 100 cm³/mol. The molecule has 4 nitrogen and oxygen atoms in total. The summed E-state index contributed by atoms with van der Waals surface area (Å²) < 4.78 is 5.60. The first-order valence-corrected chi connectivity index (χ1v) is 9.35. The molecule has 0 aromatic heterocycles. The zero-order chi connectivity index (χ0) is 17.0. The third-order valence-corrected chi connectivity index (χ3v) is 4.81. The average molecular weight is 324 g/mol. The van der Waals surface area contributed by atoms with Crippen LogP contribution in [-0.4, -0.2) is 50.8 Å². The Bertz CT molecular complexity index is 349. The fourth-order valence-corrected chi connectivity index (χ4v) is 3.34. The van der Waals surface area contributed by atoms with Crippen molar-refractivity contribution < 1.29 is 4.74 Å². The summed E-state index contributed by atoms with van der Waals surface area (Å²) >= 11 is 0. The Morgan fingerprint density at radius 2 is 2.09 bits per heavy atom. The normalized spacial score (nSPS) is 17.3. The molecule has 0 bridgehead atoms. The van der Waals surface area contributed by atoms with E-state index >= 15 is 0 Å². The molecule has 1 aliphatic rings. The van der Waals surface area contributed by atoms with Gasteiger partial charge in [-0.2, -0.15) is 0 Å². The lowest BCUT2D eigenvalue weighted by Gasteiger charge is -2.29. The molecule has 23 heavy (non-hydrogen) atoms. The van der Waals surface area contributed by atoms with Gasteiger partial charge < -0.3 is 15.0 Å². The van der Waals surface area contributed by atoms with Crippen molar-refractivity contribution in [3.05, 3.63) is 12.7 Å². The molecule has 1 rings (SSSR count). The second-order valence-corrected chi connectivity index (χ2v) is 6.68. The van der Waals surface area contributed by atoms with Crippen molar-refractivity contribution in [1.29, 1.82) is 0 Å². The summed E-state index contributed by atoms with van der Waals surface area (Å²) in [5.74, 6) is 1.04. The van der Waals surface area contributed by atoms with Crippen molar-refractivity contribution in [2.45, 2.75) is 58.8 Å². The largest absolute Gasteiger partial charge is 0.382 e. The molecule has 4 heteroatoms. The molecule has 0 radical (unpaired) electrons. The van der Waals surface area contributed by atoms with Crippen LogP contribution in [-0.2, 0) is 4.74 Å². The summed E-state index contributed by atoms with van der Waals surface area (Å²) in [7, 11) is 2.13. The van der Waals surface area contributed by atoms with Gasteiger partial charge in [0.05, 0.1) is 0 Å². The van der Waals surface area contributed by atoms with E-state index in [0.717, 1.165) is 58.1 Å². The van der Waals surface area contributed by atoms with Gasteiger partial charge in [-0.15, -0.1) is 6.58 Å². The highest BCUT2D eigenvalue weighted by Gasteiger charge is 2.33. The fraction of sp³-hybridized carbons (Fsp3) is 0.842. The quantitative estimate of drug-likeness (QED) is 0.272. The van der Waals surface area contributed by atoms with Crippen molar-refractivity contribution in [3.63, 3.8) is 0 Å². The van der Waals surface area contributed by atoms with Crippen LogP contribution in [0.4, 0.5) is 0 Å². The van der Waals surface area contributed by atoms with Crippen molar-refractivity contribution in [3.8, 4) is 0 Å². The first kappa shape index (κ1) is 20.0. The van der Waals surface area contributed by atoms with Crippen LogP contribution < -0.4 is 5.32 Å². The van der Waals surface area contributed by atoms with E-state index in [2.05, 4.69) is 37.7 Å². The summed E-state index contributed by atoms with van der Waals surface area (Å²) in [6, 6.07) is 0. The average Bonchev–Trinajstić information content (AvgIpc) is 3.01. The molecular formula is C19H37N3O. The van der Waals surface area contributed by atoms with E-state index in [4.69, 9.17) is 9.73 Å². The van der Waals surface area contributed by atoms with E-state index in [1.54, 1.807) is 0 Å². The molecule has 134 valence electrons. The number of ether oxygens (including phenoxy) is 1. The molecule has 0 aromatic carbocycles. The lowest BCUT2D eigenvalue weighted by atomic mass is 9.83. The van der Waals surface area contributed by atoms with Gasteiger partial charge >= 0.3 is 0 Å². The molecule has 1 saturated carbocycles. The van der Waals surface area contributed by atoms with Gasteiger partial charge in [-0.05, 0) is 51.4 Å². The number of aliphatic imine (C=N–C) groups is 1. The Balaban J connectivity index is 2.62. The van der Waals surface area contributed by atoms with Crippen molar-refractivity contribution >= 4 is 5.96 Å². The van der Waals surface area contributed by atoms with Gasteiger partial charge in [0.15, 0.2) is 5.96 Å². The van der Waals surface area contributed by atoms with E-state index in [0.29, 0.717) is 5.41 Å². The summed E-state index contributed by atoms with van der Waals surface area (Å²) in [5.41, 5.74) is 0.359. The maximum atomic E-state index is 5.60. The Hall–Kier alpha value is -1.03. The molecule has 1 N–H and O–H groups in total. The maximum Gasteiger partial charge on any atom is 0.193 e. The lowest BCUT2D eigenvalue weighted by Crippen LogP contribution is -2.40. The molecule has 0 aromatic rings. The predicted octanol–water partition coefficient (Wildman–Crippen LogP) is 3.84. The minimum Gasteiger partial charge on any atom is -0.382 e. The maximum absolute atomic E-state index is 5.60. The molecule has 0 spiro atoms. The monoisotopic (exact) mass is 323 g/mol. The third kappa shape index (κ3) is 7.38. The van der Waals surface area contributed by atoms with Crippen molar-refractivity contribution in [2.75, 3.05) is 39.9 Å². The van der Waals surface area contributed by atoms with Crippen molar-refractivity contribution in [1.82, 2.24) is 10.2 Å². The third-order valence-electron chi connectivity index (χ3n) is 4.81. The Morgan fingerprint density at radius 3 is 2.70 bits per heavy atom. The summed E-state index contributed by atoms with van der Waals surface area (Å²) in [6.07, 6.45) is 10.6. The Morgan fingerprint density at radius 1 is 1.35 bits per heavy atom. The van der Waals surface area contributed by atoms with Gasteiger partial charge in [-0.25, -0.2) is 0 Å². The number of hydrogen-bond acceptors (Lipinski definition) is 2. The number of nitrogens with zero attached hydrogens (tertiary/aromatic N) is 2. The Kier molecular flexibility index (Phi) is 10.0. The molecule has 0 amide bonds. The van der Waals surface area contributed by atoms with Crippen LogP contribution >= 0.6 is 0 Å². The molecule has 0 unspecified atom stereocenters. The number of allylic oxidation sites excluding steroid dienone is 1. The minimum atomic E-state index is 0.359. The van der Waals surface area contributed by atoms with Crippen molar-refractivity contribution in [2.24, 2.45) is 10.4 Å². The zero-order valence-corrected chi connectivity index (χ0v) is 15.6. The van der Waals surface area contributed by atoms with Crippen LogP contribution in [0.2, 0.25) is 0 Å². The van der Waals surface area contributed by atoms with Crippen LogP contribution in [0.25, 0.3) is 0 Å². The molecule has 0 heterocycles. The number of nitrogens with one attached hydrogen (secondary N) is 1. The summed E-state index contributed by atoms with van der Waals surface area (Å²) in [6.45, 7) is 12.5. The van der Waals surface area contributed by atoms with E-state index in [1.165, 1.54) is 25.7 Å². The summed E-state index contributed by atoms with van der Waals surface area (Å²) in [4.78, 5) is 7.22. The number of rotatable bonds is 11.